The minimum Gasteiger partial charge on any atom is -0.393 e. The average molecular weight is 284 g/mol. The molecule has 1 aliphatic rings. The predicted octanol–water partition coefficient (Wildman–Crippen LogP) is 3.15. The van der Waals surface area contributed by atoms with E-state index in [-0.39, 0.29) is 18.2 Å². The van der Waals surface area contributed by atoms with Crippen LogP contribution in [0.15, 0.2) is 0 Å². The van der Waals surface area contributed by atoms with E-state index in [9.17, 15) is 9.90 Å². The lowest BCUT2D eigenvalue weighted by molar-refractivity contribution is 0.0793. The third-order valence-electron chi connectivity index (χ3n) is 4.37. The second kappa shape index (κ2) is 9.22. The van der Waals surface area contributed by atoms with Gasteiger partial charge in [0.2, 0.25) is 0 Å². The van der Waals surface area contributed by atoms with Crippen molar-refractivity contribution in [3.63, 3.8) is 0 Å². The number of rotatable bonds is 7. The number of carbonyl (C=O) groups is 1. The van der Waals surface area contributed by atoms with Crippen LogP contribution in [0.3, 0.4) is 0 Å². The number of nitrogens with one attached hydrogen (secondary N) is 1. The van der Waals surface area contributed by atoms with Gasteiger partial charge in [0.15, 0.2) is 0 Å². The summed E-state index contributed by atoms with van der Waals surface area (Å²) in [6.45, 7) is 7.68. The van der Waals surface area contributed by atoms with Gasteiger partial charge in [0.1, 0.15) is 0 Å². The predicted molar refractivity (Wildman–Crippen MR) is 82.7 cm³/mol. The number of carbonyl (C=O) groups excluding carboxylic acids is 1. The van der Waals surface area contributed by atoms with Gasteiger partial charge >= 0.3 is 6.03 Å². The normalized spacial score (nSPS) is 19.7. The quantitative estimate of drug-likeness (QED) is 0.706. The Morgan fingerprint density at radius 3 is 2.45 bits per heavy atom. The summed E-state index contributed by atoms with van der Waals surface area (Å²) in [7, 11) is 0. The number of aliphatic hydroxyl groups excluding tert-OH is 1. The molecule has 1 heterocycles. The van der Waals surface area contributed by atoms with Crippen LogP contribution in [0.2, 0.25) is 0 Å². The maximum atomic E-state index is 12.1. The van der Waals surface area contributed by atoms with Crippen molar-refractivity contribution in [2.75, 3.05) is 13.1 Å². The summed E-state index contributed by atoms with van der Waals surface area (Å²) >= 11 is 0. The number of likely N-dealkylation sites (tertiary alicyclic amines) is 1. The molecule has 1 saturated heterocycles. The lowest BCUT2D eigenvalue weighted by Gasteiger charge is -2.34. The fourth-order valence-corrected chi connectivity index (χ4v) is 2.84. The first-order chi connectivity index (χ1) is 9.54. The molecule has 2 atom stereocenters. The van der Waals surface area contributed by atoms with Crippen LogP contribution >= 0.6 is 0 Å². The number of aliphatic hydroxyl groups is 1. The Kier molecular flexibility index (Phi) is 7.97. The van der Waals surface area contributed by atoms with Crippen LogP contribution in [0.25, 0.3) is 0 Å². The van der Waals surface area contributed by atoms with Crippen molar-refractivity contribution in [1.82, 2.24) is 10.2 Å². The monoisotopic (exact) mass is 284 g/mol. The van der Waals surface area contributed by atoms with Crippen molar-refractivity contribution in [3.05, 3.63) is 0 Å². The van der Waals surface area contributed by atoms with Crippen molar-refractivity contribution in [2.45, 2.75) is 77.9 Å². The minimum absolute atomic E-state index is 0.0667. The molecule has 2 amide bonds. The van der Waals surface area contributed by atoms with Crippen LogP contribution in [0.1, 0.15) is 65.7 Å². The lowest BCUT2D eigenvalue weighted by atomic mass is 9.92. The zero-order valence-corrected chi connectivity index (χ0v) is 13.4. The number of piperidine rings is 1. The van der Waals surface area contributed by atoms with E-state index in [2.05, 4.69) is 19.2 Å². The number of nitrogens with zero attached hydrogens (tertiary/aromatic N) is 1. The SMILES string of the molecule is CCCCCCC(C)NC(=O)N1CCC(C(C)O)CC1. The first-order valence-corrected chi connectivity index (χ1v) is 8.28. The summed E-state index contributed by atoms with van der Waals surface area (Å²) in [6, 6.07) is 0.325. The van der Waals surface area contributed by atoms with Gasteiger partial charge < -0.3 is 15.3 Å². The first-order valence-electron chi connectivity index (χ1n) is 8.28. The zero-order chi connectivity index (χ0) is 15.0. The van der Waals surface area contributed by atoms with Crippen LogP contribution in [-0.2, 0) is 0 Å². The molecule has 4 nitrogen and oxygen atoms in total. The van der Waals surface area contributed by atoms with Crippen molar-refractivity contribution in [2.24, 2.45) is 5.92 Å². The molecule has 0 aromatic rings. The van der Waals surface area contributed by atoms with Crippen molar-refractivity contribution >= 4 is 6.03 Å². The molecule has 1 aliphatic heterocycles. The van der Waals surface area contributed by atoms with E-state index in [0.717, 1.165) is 32.4 Å². The number of hydrogen-bond donors (Lipinski definition) is 2. The Bertz CT molecular complexity index is 274. The van der Waals surface area contributed by atoms with Gasteiger partial charge in [0.25, 0.3) is 0 Å². The van der Waals surface area contributed by atoms with Crippen LogP contribution in [-0.4, -0.2) is 41.3 Å². The number of amides is 2. The Morgan fingerprint density at radius 1 is 1.25 bits per heavy atom. The summed E-state index contributed by atoms with van der Waals surface area (Å²) < 4.78 is 0. The Hall–Kier alpha value is -0.770. The highest BCUT2D eigenvalue weighted by Crippen LogP contribution is 2.20. The summed E-state index contributed by atoms with van der Waals surface area (Å²) in [5, 5.41) is 12.7. The molecule has 0 bridgehead atoms. The van der Waals surface area contributed by atoms with Crippen molar-refractivity contribution in [3.8, 4) is 0 Å². The molecule has 0 aromatic carbocycles. The summed E-state index contributed by atoms with van der Waals surface area (Å²) in [5.41, 5.74) is 0. The van der Waals surface area contributed by atoms with E-state index in [1.807, 2.05) is 11.8 Å². The van der Waals surface area contributed by atoms with Crippen LogP contribution in [0, 0.1) is 5.92 Å². The lowest BCUT2D eigenvalue weighted by Crippen LogP contribution is -2.48. The molecular weight excluding hydrogens is 252 g/mol. The molecule has 1 rings (SSSR count). The summed E-state index contributed by atoms with van der Waals surface area (Å²) in [6.07, 6.45) is 7.63. The van der Waals surface area contributed by atoms with Crippen LogP contribution in [0.4, 0.5) is 4.79 Å². The summed E-state index contributed by atoms with van der Waals surface area (Å²) in [4.78, 5) is 14.0. The molecule has 0 saturated carbocycles. The molecule has 2 N–H and O–H groups in total. The molecule has 118 valence electrons. The zero-order valence-electron chi connectivity index (χ0n) is 13.4. The number of hydrogen-bond acceptors (Lipinski definition) is 2. The maximum Gasteiger partial charge on any atom is 0.317 e. The van der Waals surface area contributed by atoms with Gasteiger partial charge in [0.05, 0.1) is 6.10 Å². The van der Waals surface area contributed by atoms with Gasteiger partial charge in [-0.05, 0) is 39.0 Å². The number of urea groups is 1. The summed E-state index contributed by atoms with van der Waals surface area (Å²) in [5.74, 6) is 0.352. The highest BCUT2D eigenvalue weighted by Gasteiger charge is 2.25. The van der Waals surface area contributed by atoms with Gasteiger partial charge in [-0.25, -0.2) is 4.79 Å². The molecule has 20 heavy (non-hydrogen) atoms. The molecule has 0 radical (unpaired) electrons. The smallest absolute Gasteiger partial charge is 0.317 e. The second-order valence-electron chi connectivity index (χ2n) is 6.26. The van der Waals surface area contributed by atoms with Gasteiger partial charge in [-0.2, -0.15) is 0 Å². The molecule has 0 aliphatic carbocycles. The van der Waals surface area contributed by atoms with Gasteiger partial charge in [0, 0.05) is 19.1 Å². The van der Waals surface area contributed by atoms with Crippen LogP contribution < -0.4 is 5.32 Å². The van der Waals surface area contributed by atoms with E-state index in [1.54, 1.807) is 0 Å². The fourth-order valence-electron chi connectivity index (χ4n) is 2.84. The Balaban J connectivity index is 2.19. The fraction of sp³-hybridized carbons (Fsp3) is 0.938. The van der Waals surface area contributed by atoms with Gasteiger partial charge in [-0.15, -0.1) is 0 Å². The van der Waals surface area contributed by atoms with E-state index in [0.29, 0.717) is 5.92 Å². The molecule has 2 unspecified atom stereocenters. The van der Waals surface area contributed by atoms with E-state index in [1.165, 1.54) is 25.7 Å². The third-order valence-corrected chi connectivity index (χ3v) is 4.37. The maximum absolute atomic E-state index is 12.1. The number of unbranched alkanes of at least 4 members (excludes halogenated alkanes) is 3. The van der Waals surface area contributed by atoms with E-state index < -0.39 is 0 Å². The van der Waals surface area contributed by atoms with E-state index >= 15 is 0 Å². The first kappa shape index (κ1) is 17.3. The largest absolute Gasteiger partial charge is 0.393 e. The van der Waals surface area contributed by atoms with Gasteiger partial charge in [-0.1, -0.05) is 32.6 Å². The minimum atomic E-state index is -0.252. The molecular formula is C16H32N2O2. The molecule has 0 spiro atoms. The van der Waals surface area contributed by atoms with Crippen LogP contribution in [0.5, 0.6) is 0 Å². The second-order valence-corrected chi connectivity index (χ2v) is 6.26. The van der Waals surface area contributed by atoms with Crippen molar-refractivity contribution < 1.29 is 9.90 Å². The molecule has 0 aromatic heterocycles. The van der Waals surface area contributed by atoms with Crippen molar-refractivity contribution in [1.29, 1.82) is 0 Å². The highest BCUT2D eigenvalue weighted by atomic mass is 16.3. The van der Waals surface area contributed by atoms with E-state index in [4.69, 9.17) is 0 Å². The average Bonchev–Trinajstić information content (AvgIpc) is 2.43. The van der Waals surface area contributed by atoms with Gasteiger partial charge in [-0.3, -0.25) is 0 Å². The molecule has 1 fully saturated rings. The Labute approximate surface area is 123 Å². The third kappa shape index (κ3) is 6.12. The topological polar surface area (TPSA) is 52.6 Å². The highest BCUT2D eigenvalue weighted by molar-refractivity contribution is 5.74. The standard InChI is InChI=1S/C16H32N2O2/c1-4-5-6-7-8-13(2)17-16(20)18-11-9-15(10-12-18)14(3)19/h13-15,19H,4-12H2,1-3H3,(H,17,20). The molecule has 4 heteroatoms. The Morgan fingerprint density at radius 2 is 1.90 bits per heavy atom.